The molecule has 2 aromatic rings. The van der Waals surface area contributed by atoms with Gasteiger partial charge in [0.1, 0.15) is 4.90 Å². The number of halogens is 3. The van der Waals surface area contributed by atoms with Crippen LogP contribution in [0.15, 0.2) is 45.0 Å². The number of hydrogen-bond donors (Lipinski definition) is 0. The van der Waals surface area contributed by atoms with Crippen LogP contribution in [0.3, 0.4) is 0 Å². The molecule has 0 fully saturated rings. The summed E-state index contributed by atoms with van der Waals surface area (Å²) in [5, 5.41) is 0.0511. The predicted molar refractivity (Wildman–Crippen MR) is 92.3 cm³/mol. The van der Waals surface area contributed by atoms with Crippen LogP contribution in [0.4, 0.5) is 0 Å². The maximum Gasteiger partial charge on any atom is 0.239 e. The maximum absolute atomic E-state index is 11.9. The Kier molecular flexibility index (Phi) is 4.84. The fourth-order valence-electron chi connectivity index (χ4n) is 1.93. The van der Waals surface area contributed by atoms with Gasteiger partial charge < -0.3 is 0 Å². The monoisotopic (exact) mass is 554 g/mol. The van der Waals surface area contributed by atoms with Crippen molar-refractivity contribution in [2.75, 3.05) is 0 Å². The molecular weight excluding hydrogens is 552 g/mol. The Balaban J connectivity index is 3.28. The van der Waals surface area contributed by atoms with Crippen molar-refractivity contribution in [2.24, 2.45) is 0 Å². The predicted octanol–water partition coefficient (Wildman–Crippen LogP) is 3.09. The third-order valence-corrected chi connectivity index (χ3v) is 8.52. The fourth-order valence-corrected chi connectivity index (χ4v) is 7.95. The van der Waals surface area contributed by atoms with Crippen molar-refractivity contribution in [1.29, 1.82) is 0 Å². The van der Waals surface area contributed by atoms with Crippen molar-refractivity contribution in [2.45, 2.75) is 14.7 Å². The summed E-state index contributed by atoms with van der Waals surface area (Å²) in [6, 6.07) is 6.49. The van der Waals surface area contributed by atoms with Crippen LogP contribution >= 0.6 is 44.4 Å². The Morgan fingerprint density at radius 1 is 0.636 bits per heavy atom. The number of rotatable bonds is 3. The molecule has 6 nitrogen and oxygen atoms in total. The molecule has 0 aromatic heterocycles. The van der Waals surface area contributed by atoms with Crippen LogP contribution in [0.25, 0.3) is 10.8 Å². The molecule has 0 saturated heterocycles. The molecule has 0 saturated carbocycles. The molecule has 0 spiro atoms. The first-order valence-corrected chi connectivity index (χ1v) is 15.2. The average Bonchev–Trinajstić information content (AvgIpc) is 2.33. The molecule has 2 rings (SSSR count). The minimum absolute atomic E-state index is 0.0297. The van der Waals surface area contributed by atoms with Gasteiger partial charge in [-0.05, 0) is 6.07 Å². The molecule has 0 aliphatic carbocycles. The minimum Gasteiger partial charge on any atom is -0.212 e. The molecule has 22 heavy (non-hydrogen) atoms. The minimum atomic E-state index is -4.17. The molecule has 0 N–H and O–H groups in total. The summed E-state index contributed by atoms with van der Waals surface area (Å²) in [5.74, 6) is 0. The summed E-state index contributed by atoms with van der Waals surface area (Å²) in [5.41, 5.74) is 0. The topological polar surface area (TPSA) is 102 Å². The van der Waals surface area contributed by atoms with E-state index in [1.165, 1.54) is 24.3 Å². The van der Waals surface area contributed by atoms with Crippen LogP contribution in [-0.2, 0) is 24.8 Å². The van der Waals surface area contributed by atoms with Crippen LogP contribution in [0, 0.1) is 0 Å². The van der Waals surface area contributed by atoms with E-state index in [9.17, 15) is 25.3 Å². The zero-order valence-electron chi connectivity index (χ0n) is 10.2. The Labute approximate surface area is 149 Å². The van der Waals surface area contributed by atoms with Gasteiger partial charge in [0.2, 0.25) is 24.8 Å². The van der Waals surface area contributed by atoms with Crippen molar-refractivity contribution in [3.05, 3.63) is 30.3 Å². The van der Waals surface area contributed by atoms with E-state index in [0.717, 1.165) is 6.07 Å². The first kappa shape index (κ1) is 18.3. The Bertz CT molecular complexity index is 1090. The second-order valence-corrected chi connectivity index (χ2v) is 15.6. The molecule has 0 aliphatic rings. The molecule has 0 aliphatic heterocycles. The average molecular weight is 557 g/mol. The molecule has 0 unspecified atom stereocenters. The van der Waals surface area contributed by atoms with E-state index in [1.54, 1.807) is 0 Å². The second kappa shape index (κ2) is 5.81. The highest BCUT2D eigenvalue weighted by Crippen LogP contribution is 2.39. The molecule has 120 valence electrons. The van der Waals surface area contributed by atoms with E-state index in [1.807, 2.05) is 0 Å². The largest absolute Gasteiger partial charge is 0.239 e. The normalized spacial score (nSPS) is 13.4. The zero-order valence-corrected chi connectivity index (χ0v) is 17.4. The molecular formula is C10H5Br3O6S3. The van der Waals surface area contributed by atoms with Crippen LogP contribution in [0.2, 0.25) is 0 Å². The van der Waals surface area contributed by atoms with Crippen molar-refractivity contribution in [3.63, 3.8) is 0 Å². The lowest BCUT2D eigenvalue weighted by Gasteiger charge is -2.12. The van der Waals surface area contributed by atoms with E-state index in [0.29, 0.717) is 0 Å². The summed E-state index contributed by atoms with van der Waals surface area (Å²) in [7, 11) is -12.2. The Hall–Kier alpha value is -0.0100. The first-order valence-electron chi connectivity index (χ1n) is 5.23. The SMILES string of the molecule is O=S(=O)(Br)c1cc(S(=O)(=O)Br)c2ccccc2c1S(=O)(=O)Br. The lowest BCUT2D eigenvalue weighted by atomic mass is 10.1. The highest BCUT2D eigenvalue weighted by molar-refractivity contribution is 9.48. The van der Waals surface area contributed by atoms with E-state index < -0.39 is 34.6 Å². The molecule has 12 heteroatoms. The summed E-state index contributed by atoms with van der Waals surface area (Å²) >= 11 is 7.33. The van der Waals surface area contributed by atoms with E-state index in [2.05, 4.69) is 44.4 Å². The van der Waals surface area contributed by atoms with Gasteiger partial charge in [-0.2, -0.15) is 0 Å². The Morgan fingerprint density at radius 3 is 1.50 bits per heavy atom. The third-order valence-electron chi connectivity index (χ3n) is 2.69. The molecule has 0 heterocycles. The van der Waals surface area contributed by atoms with Gasteiger partial charge >= 0.3 is 0 Å². The molecule has 2 aromatic carbocycles. The van der Waals surface area contributed by atoms with Crippen LogP contribution in [-0.4, -0.2) is 25.3 Å². The van der Waals surface area contributed by atoms with E-state index in [-0.39, 0.29) is 15.7 Å². The lowest BCUT2D eigenvalue weighted by molar-refractivity contribution is 0.599. The van der Waals surface area contributed by atoms with Crippen molar-refractivity contribution < 1.29 is 25.3 Å². The van der Waals surface area contributed by atoms with Gasteiger partial charge in [-0.15, -0.1) is 0 Å². The van der Waals surface area contributed by atoms with Crippen molar-refractivity contribution in [1.82, 2.24) is 0 Å². The van der Waals surface area contributed by atoms with Gasteiger partial charge in [-0.3, -0.25) is 0 Å². The highest BCUT2D eigenvalue weighted by Gasteiger charge is 2.30. The quantitative estimate of drug-likeness (QED) is 0.538. The summed E-state index contributed by atoms with van der Waals surface area (Å²) in [6.07, 6.45) is 0. The van der Waals surface area contributed by atoms with Crippen molar-refractivity contribution >= 4 is 80.0 Å². The van der Waals surface area contributed by atoms with Crippen molar-refractivity contribution in [3.8, 4) is 0 Å². The van der Waals surface area contributed by atoms with Gasteiger partial charge in [0.05, 0.1) is 54.2 Å². The summed E-state index contributed by atoms with van der Waals surface area (Å²) in [6.45, 7) is 0. The van der Waals surface area contributed by atoms with Gasteiger partial charge in [0, 0.05) is 10.8 Å². The second-order valence-electron chi connectivity index (χ2n) is 4.06. The first-order chi connectivity index (χ1) is 9.83. The van der Waals surface area contributed by atoms with Crippen LogP contribution in [0.1, 0.15) is 0 Å². The number of hydrogen-bond acceptors (Lipinski definition) is 6. The fraction of sp³-hybridized carbons (Fsp3) is 0. The zero-order chi connectivity index (χ0) is 16.9. The van der Waals surface area contributed by atoms with Gasteiger partial charge in [0.15, 0.2) is 0 Å². The molecule has 0 atom stereocenters. The van der Waals surface area contributed by atoms with Crippen LogP contribution < -0.4 is 0 Å². The molecule has 0 amide bonds. The molecule has 0 bridgehead atoms. The number of fused-ring (bicyclic) bond motifs is 1. The number of benzene rings is 2. The van der Waals surface area contributed by atoms with Gasteiger partial charge in [-0.25, -0.2) is 25.3 Å². The van der Waals surface area contributed by atoms with Gasteiger partial charge in [0.25, 0.3) is 0 Å². The Morgan fingerprint density at radius 2 is 1.09 bits per heavy atom. The third kappa shape index (κ3) is 3.56. The molecule has 0 radical (unpaired) electrons. The smallest absolute Gasteiger partial charge is 0.212 e. The summed E-state index contributed by atoms with van der Waals surface area (Å²) in [4.78, 5) is -1.54. The van der Waals surface area contributed by atoms with E-state index >= 15 is 0 Å². The van der Waals surface area contributed by atoms with Gasteiger partial charge in [-0.1, -0.05) is 24.3 Å². The van der Waals surface area contributed by atoms with Crippen LogP contribution in [0.5, 0.6) is 0 Å². The summed E-state index contributed by atoms with van der Waals surface area (Å²) < 4.78 is 71.2. The lowest BCUT2D eigenvalue weighted by Crippen LogP contribution is -2.05. The standard InChI is InChI=1S/C10H5Br3O6S3/c11-20(14,15)8-5-9(21(12,16)17)10(22(13,18)19)7-4-2-1-3-6(7)8/h1-5H. The van der Waals surface area contributed by atoms with E-state index in [4.69, 9.17) is 0 Å². The maximum atomic E-state index is 11.9. The highest BCUT2D eigenvalue weighted by atomic mass is 79.9.